The first kappa shape index (κ1) is 17.9. The summed E-state index contributed by atoms with van der Waals surface area (Å²) in [6, 6.07) is 4.68. The monoisotopic (exact) mass is 368 g/mol. The molecule has 4 rings (SSSR count). The maximum absolute atomic E-state index is 11.0. The number of aromatic hydroxyl groups is 1. The van der Waals surface area contributed by atoms with Crippen LogP contribution in [-0.2, 0) is 19.5 Å². The molecule has 2 aromatic rings. The van der Waals surface area contributed by atoms with Crippen LogP contribution in [-0.4, -0.2) is 31.4 Å². The highest BCUT2D eigenvalue weighted by atomic mass is 16.6. The van der Waals surface area contributed by atoms with Gasteiger partial charge in [-0.05, 0) is 12.8 Å². The zero-order chi connectivity index (χ0) is 18.8. The minimum atomic E-state index is -0.551. The van der Waals surface area contributed by atoms with E-state index in [1.54, 1.807) is 12.1 Å². The van der Waals surface area contributed by atoms with Gasteiger partial charge in [0.25, 0.3) is 0 Å². The van der Waals surface area contributed by atoms with E-state index < -0.39 is 4.92 Å². The fourth-order valence-electron chi connectivity index (χ4n) is 4.18. The molecule has 0 radical (unpaired) electrons. The molecule has 1 aliphatic carbocycles. The lowest BCUT2D eigenvalue weighted by molar-refractivity contribution is -0.385. The minimum Gasteiger partial charge on any atom is -0.502 e. The van der Waals surface area contributed by atoms with Gasteiger partial charge in [0.05, 0.1) is 4.92 Å². The number of benzene rings is 1. The van der Waals surface area contributed by atoms with Crippen LogP contribution in [0.2, 0.25) is 0 Å². The summed E-state index contributed by atoms with van der Waals surface area (Å²) in [5, 5.41) is 21.2. The van der Waals surface area contributed by atoms with Crippen LogP contribution in [0.25, 0.3) is 0 Å². The molecule has 0 unspecified atom stereocenters. The molecule has 2 heterocycles. The zero-order valence-corrected chi connectivity index (χ0v) is 15.3. The van der Waals surface area contributed by atoms with Crippen LogP contribution in [0.3, 0.4) is 0 Å². The van der Waals surface area contributed by atoms with Crippen LogP contribution >= 0.6 is 0 Å². The lowest BCUT2D eigenvalue weighted by Gasteiger charge is -2.29. The average Bonchev–Trinajstić information content (AvgIpc) is 2.69. The third-order valence-electron chi connectivity index (χ3n) is 5.69. The lowest BCUT2D eigenvalue weighted by atomic mass is 9.88. The molecule has 0 atom stereocenters. The van der Waals surface area contributed by atoms with Gasteiger partial charge in [-0.3, -0.25) is 15.0 Å². The summed E-state index contributed by atoms with van der Waals surface area (Å²) >= 11 is 0. The van der Waals surface area contributed by atoms with Gasteiger partial charge in [-0.2, -0.15) is 0 Å². The lowest BCUT2D eigenvalue weighted by Crippen LogP contribution is -2.31. The third kappa shape index (κ3) is 3.78. The Bertz CT molecular complexity index is 849. The van der Waals surface area contributed by atoms with Crippen LogP contribution in [0.5, 0.6) is 5.75 Å². The highest BCUT2D eigenvalue weighted by Crippen LogP contribution is 2.33. The van der Waals surface area contributed by atoms with Crippen molar-refractivity contribution in [1.82, 2.24) is 14.9 Å². The van der Waals surface area contributed by atoms with Gasteiger partial charge < -0.3 is 5.11 Å². The van der Waals surface area contributed by atoms with Crippen molar-refractivity contribution in [2.45, 2.75) is 57.5 Å². The van der Waals surface area contributed by atoms with Gasteiger partial charge in [0.1, 0.15) is 5.82 Å². The number of hydrogen-bond donors (Lipinski definition) is 1. The highest BCUT2D eigenvalue weighted by Gasteiger charge is 2.24. The highest BCUT2D eigenvalue weighted by molar-refractivity contribution is 5.50. The van der Waals surface area contributed by atoms with E-state index in [1.807, 2.05) is 6.20 Å². The van der Waals surface area contributed by atoms with Gasteiger partial charge >= 0.3 is 5.69 Å². The molecule has 1 saturated carbocycles. The number of nitro benzene ring substituents is 1. The van der Waals surface area contributed by atoms with Gasteiger partial charge in [0.15, 0.2) is 5.75 Å². The Hall–Kier alpha value is -2.54. The van der Waals surface area contributed by atoms with Gasteiger partial charge in [0.2, 0.25) is 0 Å². The third-order valence-corrected chi connectivity index (χ3v) is 5.69. The van der Waals surface area contributed by atoms with Gasteiger partial charge in [0, 0.05) is 61.1 Å². The summed E-state index contributed by atoms with van der Waals surface area (Å²) in [6.45, 7) is 1.98. The number of para-hydroxylation sites is 1. The normalized spacial score (nSPS) is 18.2. The Morgan fingerprint density at radius 1 is 1.26 bits per heavy atom. The Kier molecular flexibility index (Phi) is 5.03. The van der Waals surface area contributed by atoms with E-state index in [-0.39, 0.29) is 11.4 Å². The number of phenolic OH excluding ortho intramolecular Hbond substituents is 1. The topological polar surface area (TPSA) is 92.4 Å². The zero-order valence-electron chi connectivity index (χ0n) is 15.3. The molecule has 0 spiro atoms. The predicted molar refractivity (Wildman–Crippen MR) is 100 cm³/mol. The summed E-state index contributed by atoms with van der Waals surface area (Å²) in [4.78, 5) is 22.1. The predicted octanol–water partition coefficient (Wildman–Crippen LogP) is 3.70. The summed E-state index contributed by atoms with van der Waals surface area (Å²) < 4.78 is 0. The maximum atomic E-state index is 11.0. The first-order valence-electron chi connectivity index (χ1n) is 9.64. The van der Waals surface area contributed by atoms with Crippen LogP contribution in [0.4, 0.5) is 5.69 Å². The number of nitro groups is 1. The van der Waals surface area contributed by atoms with Crippen LogP contribution in [0.15, 0.2) is 24.4 Å². The number of phenols is 1. The Morgan fingerprint density at radius 3 is 2.85 bits per heavy atom. The van der Waals surface area contributed by atoms with Crippen molar-refractivity contribution in [3.63, 3.8) is 0 Å². The van der Waals surface area contributed by atoms with E-state index in [4.69, 9.17) is 4.98 Å². The molecule has 1 aromatic heterocycles. The first-order chi connectivity index (χ1) is 13.1. The average molecular weight is 368 g/mol. The second kappa shape index (κ2) is 7.60. The molecule has 7 nitrogen and oxygen atoms in total. The smallest absolute Gasteiger partial charge is 0.311 e. The molecule has 0 saturated heterocycles. The quantitative estimate of drug-likeness (QED) is 0.653. The van der Waals surface area contributed by atoms with E-state index in [0.717, 1.165) is 30.0 Å². The second-order valence-electron chi connectivity index (χ2n) is 7.54. The van der Waals surface area contributed by atoms with Gasteiger partial charge in [-0.15, -0.1) is 0 Å². The van der Waals surface area contributed by atoms with Crippen molar-refractivity contribution in [3.05, 3.63) is 57.2 Å². The largest absolute Gasteiger partial charge is 0.502 e. The fraction of sp³-hybridized carbons (Fsp3) is 0.500. The van der Waals surface area contributed by atoms with E-state index in [2.05, 4.69) is 9.88 Å². The molecule has 1 aliphatic heterocycles. The van der Waals surface area contributed by atoms with Crippen LogP contribution < -0.4 is 0 Å². The molecule has 1 fully saturated rings. The molecule has 1 N–H and O–H groups in total. The van der Waals surface area contributed by atoms with Crippen LogP contribution in [0.1, 0.15) is 60.7 Å². The molecule has 0 bridgehead atoms. The van der Waals surface area contributed by atoms with Crippen molar-refractivity contribution in [3.8, 4) is 5.75 Å². The number of fused-ring (bicyclic) bond motifs is 1. The van der Waals surface area contributed by atoms with Crippen LogP contribution in [0, 0.1) is 10.1 Å². The second-order valence-corrected chi connectivity index (χ2v) is 7.54. The summed E-state index contributed by atoms with van der Waals surface area (Å²) in [5.41, 5.74) is 2.58. The van der Waals surface area contributed by atoms with E-state index >= 15 is 0 Å². The number of rotatable bonds is 4. The molecule has 1 aromatic carbocycles. The van der Waals surface area contributed by atoms with Crippen molar-refractivity contribution >= 4 is 5.69 Å². The molecular formula is C20H24N4O3. The molecule has 2 aliphatic rings. The first-order valence-corrected chi connectivity index (χ1v) is 9.64. The number of aromatic nitrogens is 2. The van der Waals surface area contributed by atoms with E-state index in [1.165, 1.54) is 38.2 Å². The summed E-state index contributed by atoms with van der Waals surface area (Å²) in [7, 11) is 0. The fourth-order valence-corrected chi connectivity index (χ4v) is 4.18. The Morgan fingerprint density at radius 2 is 2.07 bits per heavy atom. The molecule has 27 heavy (non-hydrogen) atoms. The van der Waals surface area contributed by atoms with E-state index in [0.29, 0.717) is 24.6 Å². The van der Waals surface area contributed by atoms with Gasteiger partial charge in [-0.25, -0.2) is 9.97 Å². The number of hydrogen-bond acceptors (Lipinski definition) is 6. The Labute approximate surface area is 158 Å². The Balaban J connectivity index is 1.47. The van der Waals surface area contributed by atoms with Crippen molar-refractivity contribution in [1.29, 1.82) is 0 Å². The molecule has 7 heteroatoms. The number of nitrogens with zero attached hydrogens (tertiary/aromatic N) is 4. The van der Waals surface area contributed by atoms with E-state index in [9.17, 15) is 15.2 Å². The molecule has 142 valence electrons. The van der Waals surface area contributed by atoms with Crippen molar-refractivity contribution in [2.75, 3.05) is 6.54 Å². The minimum absolute atomic E-state index is 0.239. The van der Waals surface area contributed by atoms with Crippen molar-refractivity contribution < 1.29 is 10.0 Å². The summed E-state index contributed by atoms with van der Waals surface area (Å²) in [6.07, 6.45) is 9.03. The SMILES string of the molecule is O=[N+]([O-])c1cccc(CN2CCc3nc(C4CCCCC4)ncc3C2)c1O. The standard InChI is InChI=1S/C20H24N4O3/c25-19-15(7-4-8-18(19)24(26)27)12-23-10-9-17-16(13-23)11-21-20(22-17)14-5-2-1-3-6-14/h4,7-8,11,14,25H,1-3,5-6,9-10,12-13H2. The maximum Gasteiger partial charge on any atom is 0.311 e. The molecule has 0 amide bonds. The molecular weight excluding hydrogens is 344 g/mol. The van der Waals surface area contributed by atoms with Crippen molar-refractivity contribution in [2.24, 2.45) is 0 Å². The summed E-state index contributed by atoms with van der Waals surface area (Å²) in [5.74, 6) is 1.26. The van der Waals surface area contributed by atoms with Gasteiger partial charge in [-0.1, -0.05) is 31.4 Å².